The van der Waals surface area contributed by atoms with E-state index in [1.165, 1.54) is 31.4 Å². The number of aryl methyl sites for hydroxylation is 2. The number of nitrogens with zero attached hydrogens (tertiary/aromatic N) is 2. The number of hydrogen-bond donors (Lipinski definition) is 2. The Labute approximate surface area is 124 Å². The summed E-state index contributed by atoms with van der Waals surface area (Å²) in [6, 6.07) is 0.342. The molecule has 1 aliphatic carbocycles. The highest BCUT2D eigenvalue weighted by Gasteiger charge is 2.27. The lowest BCUT2D eigenvalue weighted by Crippen LogP contribution is -2.44. The Morgan fingerprint density at radius 2 is 2.26 bits per heavy atom. The maximum atomic E-state index is 5.81. The zero-order valence-corrected chi connectivity index (χ0v) is 13.7. The highest BCUT2D eigenvalue weighted by atomic mass is 79.9. The predicted molar refractivity (Wildman–Crippen MR) is 81.6 cm³/mol. The molecular weight excluding hydrogens is 304 g/mol. The molecule has 0 saturated heterocycles. The Bertz CT molecular complexity index is 429. The first-order valence-electron chi connectivity index (χ1n) is 7.17. The average molecular weight is 329 g/mol. The Hall–Kier alpha value is -0.390. The van der Waals surface area contributed by atoms with E-state index in [2.05, 4.69) is 33.4 Å². The van der Waals surface area contributed by atoms with Crippen molar-refractivity contribution >= 4 is 15.9 Å². The van der Waals surface area contributed by atoms with E-state index in [-0.39, 0.29) is 0 Å². The summed E-state index contributed by atoms with van der Waals surface area (Å²) in [6.45, 7) is 4.38. The smallest absolute Gasteiger partial charge is 0.0738 e. The van der Waals surface area contributed by atoms with Gasteiger partial charge in [-0.25, -0.2) is 0 Å². The maximum Gasteiger partial charge on any atom is 0.0738 e. The van der Waals surface area contributed by atoms with Gasteiger partial charge in [-0.3, -0.25) is 16.0 Å². The molecule has 3 atom stereocenters. The van der Waals surface area contributed by atoms with Gasteiger partial charge in [0, 0.05) is 19.5 Å². The number of nitrogens with two attached hydrogens (primary N) is 1. The molecule has 0 amide bonds. The molecular formula is C14H25BrN4. The van der Waals surface area contributed by atoms with E-state index in [0.29, 0.717) is 12.0 Å². The van der Waals surface area contributed by atoms with Crippen molar-refractivity contribution in [3.8, 4) is 0 Å². The quantitative estimate of drug-likeness (QED) is 0.660. The molecule has 0 radical (unpaired) electrons. The highest BCUT2D eigenvalue weighted by Crippen LogP contribution is 2.32. The Kier molecular flexibility index (Phi) is 5.03. The van der Waals surface area contributed by atoms with Gasteiger partial charge in [0.15, 0.2) is 0 Å². The molecule has 1 aliphatic rings. The van der Waals surface area contributed by atoms with Crippen molar-refractivity contribution in [1.82, 2.24) is 15.2 Å². The van der Waals surface area contributed by atoms with Gasteiger partial charge in [0.25, 0.3) is 0 Å². The van der Waals surface area contributed by atoms with Crippen LogP contribution < -0.4 is 11.3 Å². The Morgan fingerprint density at radius 1 is 1.53 bits per heavy atom. The van der Waals surface area contributed by atoms with E-state index < -0.39 is 0 Å². The average Bonchev–Trinajstić information content (AvgIpc) is 2.61. The topological polar surface area (TPSA) is 55.9 Å². The van der Waals surface area contributed by atoms with Crippen LogP contribution in [0.25, 0.3) is 0 Å². The van der Waals surface area contributed by atoms with Crippen LogP contribution in [0.4, 0.5) is 0 Å². The number of aromatic nitrogens is 2. The van der Waals surface area contributed by atoms with E-state index in [0.717, 1.165) is 22.5 Å². The van der Waals surface area contributed by atoms with Crippen LogP contribution in [0.1, 0.15) is 44.0 Å². The minimum absolute atomic E-state index is 0.342. The van der Waals surface area contributed by atoms with Gasteiger partial charge in [0.05, 0.1) is 15.9 Å². The molecule has 0 aliphatic heterocycles. The first-order valence-corrected chi connectivity index (χ1v) is 7.96. The summed E-state index contributed by atoms with van der Waals surface area (Å²) < 4.78 is 3.09. The zero-order chi connectivity index (χ0) is 14.0. The lowest BCUT2D eigenvalue weighted by molar-refractivity contribution is 0.220. The second-order valence-corrected chi connectivity index (χ2v) is 6.77. The van der Waals surface area contributed by atoms with Gasteiger partial charge >= 0.3 is 0 Å². The van der Waals surface area contributed by atoms with Crippen LogP contribution in [0.3, 0.4) is 0 Å². The highest BCUT2D eigenvalue weighted by molar-refractivity contribution is 9.10. The lowest BCUT2D eigenvalue weighted by atomic mass is 9.77. The molecule has 3 N–H and O–H groups in total. The fourth-order valence-electron chi connectivity index (χ4n) is 3.32. The second kappa shape index (κ2) is 6.37. The number of rotatable bonds is 4. The molecule has 1 heterocycles. The van der Waals surface area contributed by atoms with Crippen LogP contribution in [0, 0.1) is 18.8 Å². The van der Waals surface area contributed by atoms with Crippen molar-refractivity contribution in [1.29, 1.82) is 0 Å². The molecule has 2 rings (SSSR count). The summed E-state index contributed by atoms with van der Waals surface area (Å²) in [4.78, 5) is 0. The van der Waals surface area contributed by atoms with E-state index in [9.17, 15) is 0 Å². The van der Waals surface area contributed by atoms with E-state index >= 15 is 0 Å². The summed E-state index contributed by atoms with van der Waals surface area (Å²) in [6.07, 6.45) is 6.20. The number of halogens is 1. The monoisotopic (exact) mass is 328 g/mol. The SMILES string of the molecule is Cc1nn(C)c(CC(NN)C2CCCC(C)C2)c1Br. The van der Waals surface area contributed by atoms with Crippen molar-refractivity contribution in [2.75, 3.05) is 0 Å². The first-order chi connectivity index (χ1) is 9.02. The van der Waals surface area contributed by atoms with Crippen LogP contribution in [-0.4, -0.2) is 15.8 Å². The fraction of sp³-hybridized carbons (Fsp3) is 0.786. The molecule has 0 aromatic carbocycles. The third kappa shape index (κ3) is 3.38. The third-order valence-corrected chi connectivity index (χ3v) is 5.47. The predicted octanol–water partition coefficient (Wildman–Crippen LogP) is 2.69. The van der Waals surface area contributed by atoms with Crippen molar-refractivity contribution in [2.24, 2.45) is 24.7 Å². The molecule has 19 heavy (non-hydrogen) atoms. The van der Waals surface area contributed by atoms with Crippen molar-refractivity contribution in [2.45, 2.75) is 52.0 Å². The standard InChI is InChI=1S/C14H25BrN4/c1-9-5-4-6-11(7-9)12(17-16)8-13-14(15)10(2)18-19(13)3/h9,11-12,17H,4-8,16H2,1-3H3. The van der Waals surface area contributed by atoms with Crippen molar-refractivity contribution in [3.63, 3.8) is 0 Å². The van der Waals surface area contributed by atoms with Gasteiger partial charge in [-0.15, -0.1) is 0 Å². The molecule has 0 bridgehead atoms. The van der Waals surface area contributed by atoms with Gasteiger partial charge in [0.1, 0.15) is 0 Å². The molecule has 3 unspecified atom stereocenters. The number of nitrogens with one attached hydrogen (secondary N) is 1. The van der Waals surface area contributed by atoms with Crippen molar-refractivity contribution < 1.29 is 0 Å². The van der Waals surface area contributed by atoms with Crippen molar-refractivity contribution in [3.05, 3.63) is 15.9 Å². The summed E-state index contributed by atoms with van der Waals surface area (Å²) in [5, 5.41) is 4.46. The summed E-state index contributed by atoms with van der Waals surface area (Å²) in [5.41, 5.74) is 5.32. The number of hydrazine groups is 1. The number of hydrogen-bond acceptors (Lipinski definition) is 3. The zero-order valence-electron chi connectivity index (χ0n) is 12.1. The van der Waals surface area contributed by atoms with Gasteiger partial charge in [-0.05, 0) is 47.5 Å². The van der Waals surface area contributed by atoms with Gasteiger partial charge in [-0.1, -0.05) is 19.8 Å². The second-order valence-electron chi connectivity index (χ2n) is 5.98. The summed E-state index contributed by atoms with van der Waals surface area (Å²) in [7, 11) is 2.00. The van der Waals surface area contributed by atoms with Gasteiger partial charge < -0.3 is 0 Å². The van der Waals surface area contributed by atoms with Crippen LogP contribution in [0.5, 0.6) is 0 Å². The lowest BCUT2D eigenvalue weighted by Gasteiger charge is -2.33. The normalized spacial score (nSPS) is 25.5. The minimum Gasteiger partial charge on any atom is -0.271 e. The van der Waals surface area contributed by atoms with E-state index in [4.69, 9.17) is 5.84 Å². The van der Waals surface area contributed by atoms with Crippen LogP contribution in [0.2, 0.25) is 0 Å². The molecule has 108 valence electrons. The molecule has 0 spiro atoms. The van der Waals surface area contributed by atoms with Crippen LogP contribution >= 0.6 is 15.9 Å². The fourth-order valence-corrected chi connectivity index (χ4v) is 3.82. The first kappa shape index (κ1) is 15.0. The largest absolute Gasteiger partial charge is 0.271 e. The molecule has 5 heteroatoms. The molecule has 4 nitrogen and oxygen atoms in total. The molecule has 1 fully saturated rings. The van der Waals surface area contributed by atoms with E-state index in [1.54, 1.807) is 0 Å². The summed E-state index contributed by atoms with van der Waals surface area (Å²) in [5.74, 6) is 7.31. The molecule has 1 saturated carbocycles. The maximum absolute atomic E-state index is 5.81. The Balaban J connectivity index is 2.10. The third-order valence-electron chi connectivity index (χ3n) is 4.43. The van der Waals surface area contributed by atoms with Gasteiger partial charge in [-0.2, -0.15) is 5.10 Å². The van der Waals surface area contributed by atoms with Gasteiger partial charge in [0.2, 0.25) is 0 Å². The Morgan fingerprint density at radius 3 is 2.79 bits per heavy atom. The molecule has 1 aromatic rings. The minimum atomic E-state index is 0.342. The van der Waals surface area contributed by atoms with E-state index in [1.807, 2.05) is 18.7 Å². The summed E-state index contributed by atoms with van der Waals surface area (Å²) >= 11 is 3.64. The molecule has 1 aromatic heterocycles. The van der Waals surface area contributed by atoms with Crippen LogP contribution in [0.15, 0.2) is 4.47 Å². The van der Waals surface area contributed by atoms with Crippen LogP contribution in [-0.2, 0) is 13.5 Å².